The van der Waals surface area contributed by atoms with Crippen molar-refractivity contribution in [3.63, 3.8) is 0 Å². The second-order valence-corrected chi connectivity index (χ2v) is 8.44. The molecule has 1 heterocycles. The predicted octanol–water partition coefficient (Wildman–Crippen LogP) is 5.95. The van der Waals surface area contributed by atoms with E-state index in [0.717, 1.165) is 16.9 Å². The third-order valence-electron chi connectivity index (χ3n) is 5.13. The van der Waals surface area contributed by atoms with E-state index < -0.39 is 0 Å². The summed E-state index contributed by atoms with van der Waals surface area (Å²) in [5.74, 6) is 1.29. The summed E-state index contributed by atoms with van der Waals surface area (Å²) in [6, 6.07) is 22.5. The van der Waals surface area contributed by atoms with Gasteiger partial charge in [0, 0.05) is 28.1 Å². The molecule has 0 aromatic heterocycles. The van der Waals surface area contributed by atoms with Crippen molar-refractivity contribution in [2.75, 3.05) is 0 Å². The average molecular weight is 422 g/mol. The Labute approximate surface area is 181 Å². The molecule has 4 rings (SSSR count). The quantitative estimate of drug-likeness (QED) is 0.553. The molecular formula is C25H24ClNO3. The smallest absolute Gasteiger partial charge is 0.251 e. The van der Waals surface area contributed by atoms with Gasteiger partial charge in [0.2, 0.25) is 0 Å². The molecular weight excluding hydrogens is 398 g/mol. The van der Waals surface area contributed by atoms with Crippen molar-refractivity contribution in [1.29, 1.82) is 0 Å². The number of para-hydroxylation sites is 1. The first-order valence-electron chi connectivity index (χ1n) is 9.96. The first-order valence-corrected chi connectivity index (χ1v) is 10.3. The Bertz CT molecular complexity index is 1060. The van der Waals surface area contributed by atoms with E-state index >= 15 is 0 Å². The van der Waals surface area contributed by atoms with Crippen molar-refractivity contribution in [2.45, 2.75) is 38.5 Å². The monoisotopic (exact) mass is 421 g/mol. The molecule has 5 heteroatoms. The number of halogens is 1. The Morgan fingerprint density at radius 3 is 2.70 bits per heavy atom. The van der Waals surface area contributed by atoms with Crippen molar-refractivity contribution in [1.82, 2.24) is 5.32 Å². The highest BCUT2D eigenvalue weighted by atomic mass is 35.5. The third kappa shape index (κ3) is 4.60. The van der Waals surface area contributed by atoms with Crippen LogP contribution in [0.25, 0.3) is 0 Å². The third-order valence-corrected chi connectivity index (χ3v) is 5.50. The molecule has 1 aliphatic rings. The zero-order chi connectivity index (χ0) is 21.1. The minimum Gasteiger partial charge on any atom is -0.489 e. The fourth-order valence-corrected chi connectivity index (χ4v) is 3.87. The highest BCUT2D eigenvalue weighted by Crippen LogP contribution is 2.39. The number of carbonyl (C=O) groups excluding carboxylic acids is 1. The number of nitrogens with one attached hydrogen (secondary N) is 1. The molecule has 0 fully saturated rings. The van der Waals surface area contributed by atoms with E-state index in [9.17, 15) is 4.79 Å². The molecule has 0 bridgehead atoms. The highest BCUT2D eigenvalue weighted by molar-refractivity contribution is 6.31. The van der Waals surface area contributed by atoms with Crippen LogP contribution < -0.4 is 14.8 Å². The summed E-state index contributed by atoms with van der Waals surface area (Å²) >= 11 is 6.19. The Kier molecular flexibility index (Phi) is 5.69. The summed E-state index contributed by atoms with van der Waals surface area (Å²) in [4.78, 5) is 13.0. The molecule has 4 nitrogen and oxygen atoms in total. The van der Waals surface area contributed by atoms with E-state index in [1.54, 1.807) is 12.1 Å². The molecule has 1 N–H and O–H groups in total. The minimum atomic E-state index is -0.355. The van der Waals surface area contributed by atoms with E-state index in [4.69, 9.17) is 21.1 Å². The Balaban J connectivity index is 1.48. The Morgan fingerprint density at radius 2 is 1.87 bits per heavy atom. The van der Waals surface area contributed by atoms with Crippen LogP contribution in [0, 0.1) is 0 Å². The molecule has 1 aliphatic heterocycles. The first kappa shape index (κ1) is 20.3. The number of carbonyl (C=O) groups is 1. The normalized spacial score (nSPS) is 16.8. The summed E-state index contributed by atoms with van der Waals surface area (Å²) in [6.45, 7) is 4.41. The molecule has 1 amide bonds. The van der Waals surface area contributed by atoms with Crippen LogP contribution in [0.3, 0.4) is 0 Å². The summed E-state index contributed by atoms with van der Waals surface area (Å²) in [7, 11) is 0. The van der Waals surface area contributed by atoms with E-state index in [1.165, 1.54) is 0 Å². The van der Waals surface area contributed by atoms with Crippen LogP contribution in [-0.4, -0.2) is 11.5 Å². The van der Waals surface area contributed by atoms with Gasteiger partial charge in [0.25, 0.3) is 5.91 Å². The van der Waals surface area contributed by atoms with Crippen LogP contribution >= 0.6 is 11.6 Å². The highest BCUT2D eigenvalue weighted by Gasteiger charge is 2.34. The zero-order valence-electron chi connectivity index (χ0n) is 17.0. The van der Waals surface area contributed by atoms with Crippen LogP contribution in [-0.2, 0) is 6.61 Å². The molecule has 0 saturated heterocycles. The number of hydrogen-bond donors (Lipinski definition) is 1. The average Bonchev–Trinajstić information content (AvgIpc) is 2.72. The number of benzene rings is 3. The van der Waals surface area contributed by atoms with Gasteiger partial charge in [-0.15, -0.1) is 0 Å². The van der Waals surface area contributed by atoms with E-state index in [2.05, 4.69) is 5.32 Å². The van der Waals surface area contributed by atoms with Crippen LogP contribution in [0.5, 0.6) is 11.5 Å². The SMILES string of the molecule is CC1(C)C[C@H](NC(=O)c2cccc(OCc3ccccc3Cl)c2)c2ccccc2O1. The second kappa shape index (κ2) is 8.41. The number of fused-ring (bicyclic) bond motifs is 1. The molecule has 0 unspecified atom stereocenters. The van der Waals surface area contributed by atoms with Crippen molar-refractivity contribution < 1.29 is 14.3 Å². The molecule has 154 valence electrons. The maximum atomic E-state index is 13.0. The molecule has 0 aliphatic carbocycles. The van der Waals surface area contributed by atoms with Crippen molar-refractivity contribution in [2.24, 2.45) is 0 Å². The van der Waals surface area contributed by atoms with Crippen molar-refractivity contribution in [3.8, 4) is 11.5 Å². The van der Waals surface area contributed by atoms with Crippen LogP contribution in [0.1, 0.15) is 47.8 Å². The van der Waals surface area contributed by atoms with Crippen molar-refractivity contribution >= 4 is 17.5 Å². The molecule has 0 spiro atoms. The van der Waals surface area contributed by atoms with Gasteiger partial charge in [-0.1, -0.05) is 54.1 Å². The maximum Gasteiger partial charge on any atom is 0.251 e. The summed E-state index contributed by atoms with van der Waals surface area (Å²) in [6.07, 6.45) is 0.693. The van der Waals surface area contributed by atoms with Gasteiger partial charge in [-0.25, -0.2) is 0 Å². The van der Waals surface area contributed by atoms with Crippen LogP contribution in [0.15, 0.2) is 72.8 Å². The molecule has 0 saturated carbocycles. The molecule has 1 atom stereocenters. The molecule has 3 aromatic rings. The number of hydrogen-bond acceptors (Lipinski definition) is 3. The lowest BCUT2D eigenvalue weighted by Crippen LogP contribution is -2.41. The van der Waals surface area contributed by atoms with Gasteiger partial charge in [0.1, 0.15) is 23.7 Å². The zero-order valence-corrected chi connectivity index (χ0v) is 17.8. The molecule has 3 aromatic carbocycles. The minimum absolute atomic E-state index is 0.120. The lowest BCUT2D eigenvalue weighted by molar-refractivity contribution is 0.0619. The lowest BCUT2D eigenvalue weighted by atomic mass is 9.89. The fraction of sp³-hybridized carbons (Fsp3) is 0.240. The van der Waals surface area contributed by atoms with Crippen LogP contribution in [0.4, 0.5) is 0 Å². The number of ether oxygens (including phenoxy) is 2. The van der Waals surface area contributed by atoms with Crippen molar-refractivity contribution in [3.05, 3.63) is 94.5 Å². The van der Waals surface area contributed by atoms with E-state index in [1.807, 2.05) is 74.5 Å². The van der Waals surface area contributed by atoms with Gasteiger partial charge in [0.15, 0.2) is 0 Å². The van der Waals surface area contributed by atoms with Gasteiger partial charge >= 0.3 is 0 Å². The van der Waals surface area contributed by atoms with E-state index in [0.29, 0.717) is 29.4 Å². The molecule has 30 heavy (non-hydrogen) atoms. The summed E-state index contributed by atoms with van der Waals surface area (Å²) in [5.41, 5.74) is 2.09. The number of amides is 1. The fourth-order valence-electron chi connectivity index (χ4n) is 3.68. The summed E-state index contributed by atoms with van der Waals surface area (Å²) < 4.78 is 11.9. The van der Waals surface area contributed by atoms with Gasteiger partial charge in [-0.05, 0) is 44.2 Å². The number of rotatable bonds is 5. The predicted molar refractivity (Wildman–Crippen MR) is 118 cm³/mol. The largest absolute Gasteiger partial charge is 0.489 e. The van der Waals surface area contributed by atoms with E-state index in [-0.39, 0.29) is 17.6 Å². The van der Waals surface area contributed by atoms with Crippen LogP contribution in [0.2, 0.25) is 5.02 Å². The maximum absolute atomic E-state index is 13.0. The lowest BCUT2D eigenvalue weighted by Gasteiger charge is -2.37. The van der Waals surface area contributed by atoms with Gasteiger partial charge in [0.05, 0.1) is 6.04 Å². The Hall–Kier alpha value is -2.98. The first-order chi connectivity index (χ1) is 14.4. The van der Waals surface area contributed by atoms with Gasteiger partial charge < -0.3 is 14.8 Å². The van der Waals surface area contributed by atoms with Gasteiger partial charge in [-0.3, -0.25) is 4.79 Å². The second-order valence-electron chi connectivity index (χ2n) is 8.04. The summed E-state index contributed by atoms with van der Waals surface area (Å²) in [5, 5.41) is 3.82. The molecule has 0 radical (unpaired) electrons. The van der Waals surface area contributed by atoms with Gasteiger partial charge in [-0.2, -0.15) is 0 Å². The topological polar surface area (TPSA) is 47.6 Å². The standard InChI is InChI=1S/C25H24ClNO3/c1-25(2)15-22(20-11-4-6-13-23(20)30-25)27-24(28)17-9-7-10-19(14-17)29-16-18-8-3-5-12-21(18)26/h3-14,22H,15-16H2,1-2H3,(H,27,28)/t22-/m0/s1. The Morgan fingerprint density at radius 1 is 1.10 bits per heavy atom.